The first-order valence-electron chi connectivity index (χ1n) is 12.9. The number of imidazole rings is 1. The Kier molecular flexibility index (Phi) is 13.5. The van der Waals surface area contributed by atoms with Gasteiger partial charge in [0, 0.05) is 43.4 Å². The smallest absolute Gasteiger partial charge is 0.254 e. The van der Waals surface area contributed by atoms with Gasteiger partial charge in [-0.1, -0.05) is 38.8 Å². The van der Waals surface area contributed by atoms with Crippen molar-refractivity contribution < 1.29 is 4.79 Å². The number of H-pyrrole nitrogens is 1. The SMILES string of the molecule is CCCN(CCC)CCCCCCc1ccc(C(=O)N(CCN/C=C\N)Cc2ncc[nH]2)cc1. The predicted molar refractivity (Wildman–Crippen MR) is 140 cm³/mol. The number of aromatic amines is 1. The third-order valence-electron chi connectivity index (χ3n) is 5.89. The van der Waals surface area contributed by atoms with E-state index in [0.29, 0.717) is 25.2 Å². The number of carbonyl (C=O) groups excluding carboxylic acids is 1. The molecule has 1 amide bonds. The lowest BCUT2D eigenvalue weighted by Gasteiger charge is -2.22. The second kappa shape index (κ2) is 16.8. The van der Waals surface area contributed by atoms with Crippen molar-refractivity contribution in [1.82, 2.24) is 25.1 Å². The summed E-state index contributed by atoms with van der Waals surface area (Å²) in [6.45, 7) is 9.80. The molecule has 0 aliphatic heterocycles. The van der Waals surface area contributed by atoms with Crippen molar-refractivity contribution in [3.8, 4) is 0 Å². The van der Waals surface area contributed by atoms with Crippen LogP contribution in [-0.4, -0.2) is 58.4 Å². The summed E-state index contributed by atoms with van der Waals surface area (Å²) < 4.78 is 0. The van der Waals surface area contributed by atoms with Crippen LogP contribution in [0.4, 0.5) is 0 Å². The highest BCUT2D eigenvalue weighted by Crippen LogP contribution is 2.13. The fraction of sp³-hybridized carbons (Fsp3) is 0.556. The first kappa shape index (κ1) is 27.4. The van der Waals surface area contributed by atoms with Gasteiger partial charge in [-0.25, -0.2) is 4.98 Å². The number of nitrogens with zero attached hydrogens (tertiary/aromatic N) is 3. The Bertz CT molecular complexity index is 797. The minimum absolute atomic E-state index is 0.00481. The van der Waals surface area contributed by atoms with Gasteiger partial charge in [-0.2, -0.15) is 0 Å². The molecule has 188 valence electrons. The molecule has 0 bridgehead atoms. The molecule has 34 heavy (non-hydrogen) atoms. The third-order valence-corrected chi connectivity index (χ3v) is 5.89. The molecule has 2 aromatic rings. The summed E-state index contributed by atoms with van der Waals surface area (Å²) in [5, 5.41) is 3.08. The molecule has 0 saturated heterocycles. The van der Waals surface area contributed by atoms with E-state index in [4.69, 9.17) is 5.73 Å². The molecule has 0 saturated carbocycles. The van der Waals surface area contributed by atoms with Crippen LogP contribution >= 0.6 is 0 Å². The Morgan fingerprint density at radius 2 is 1.76 bits per heavy atom. The van der Waals surface area contributed by atoms with Crippen LogP contribution in [0.25, 0.3) is 0 Å². The zero-order valence-electron chi connectivity index (χ0n) is 21.1. The molecule has 1 aromatic heterocycles. The molecule has 1 aromatic carbocycles. The summed E-state index contributed by atoms with van der Waals surface area (Å²) in [7, 11) is 0. The highest BCUT2D eigenvalue weighted by molar-refractivity contribution is 5.94. The molecular weight excluding hydrogens is 424 g/mol. The molecule has 7 nitrogen and oxygen atoms in total. The normalized spacial score (nSPS) is 11.4. The minimum Gasteiger partial charge on any atom is -0.403 e. The van der Waals surface area contributed by atoms with Crippen molar-refractivity contribution >= 4 is 5.91 Å². The Balaban J connectivity index is 1.78. The number of unbranched alkanes of at least 4 members (excludes halogenated alkanes) is 3. The fourth-order valence-corrected chi connectivity index (χ4v) is 4.15. The number of benzene rings is 1. The molecule has 1 heterocycles. The molecule has 0 aliphatic rings. The van der Waals surface area contributed by atoms with Gasteiger partial charge in [-0.05, 0) is 69.4 Å². The number of aryl methyl sites for hydroxylation is 1. The van der Waals surface area contributed by atoms with Gasteiger partial charge in [0.1, 0.15) is 5.82 Å². The molecule has 4 N–H and O–H groups in total. The van der Waals surface area contributed by atoms with E-state index in [1.165, 1.54) is 69.9 Å². The number of rotatable bonds is 18. The highest BCUT2D eigenvalue weighted by atomic mass is 16.2. The Morgan fingerprint density at radius 3 is 2.41 bits per heavy atom. The lowest BCUT2D eigenvalue weighted by molar-refractivity contribution is 0.0742. The predicted octanol–water partition coefficient (Wildman–Crippen LogP) is 4.30. The van der Waals surface area contributed by atoms with Crippen LogP contribution in [0, 0.1) is 0 Å². The molecular formula is C27H44N6O. The van der Waals surface area contributed by atoms with E-state index < -0.39 is 0 Å². The van der Waals surface area contributed by atoms with Gasteiger partial charge in [0.25, 0.3) is 5.91 Å². The molecule has 2 rings (SSSR count). The van der Waals surface area contributed by atoms with Crippen molar-refractivity contribution in [1.29, 1.82) is 0 Å². The molecule has 0 radical (unpaired) electrons. The van der Waals surface area contributed by atoms with Crippen molar-refractivity contribution in [3.05, 3.63) is 66.0 Å². The molecule has 7 heteroatoms. The van der Waals surface area contributed by atoms with E-state index in [9.17, 15) is 4.79 Å². The monoisotopic (exact) mass is 468 g/mol. The van der Waals surface area contributed by atoms with Gasteiger partial charge in [0.2, 0.25) is 0 Å². The van der Waals surface area contributed by atoms with Crippen molar-refractivity contribution in [2.24, 2.45) is 5.73 Å². The zero-order valence-corrected chi connectivity index (χ0v) is 21.1. The van der Waals surface area contributed by atoms with Gasteiger partial charge >= 0.3 is 0 Å². The largest absolute Gasteiger partial charge is 0.403 e. The molecule has 0 spiro atoms. The van der Waals surface area contributed by atoms with Crippen LogP contribution in [-0.2, 0) is 13.0 Å². The van der Waals surface area contributed by atoms with E-state index in [1.54, 1.807) is 23.5 Å². The van der Waals surface area contributed by atoms with Crippen LogP contribution in [0.15, 0.2) is 49.1 Å². The number of carbonyl (C=O) groups is 1. The van der Waals surface area contributed by atoms with Gasteiger partial charge in [-0.3, -0.25) is 4.79 Å². The summed E-state index contributed by atoms with van der Waals surface area (Å²) in [6.07, 6.45) is 15.2. The second-order valence-corrected chi connectivity index (χ2v) is 8.78. The molecule has 0 fully saturated rings. The average molecular weight is 469 g/mol. The number of hydrogen-bond donors (Lipinski definition) is 3. The van der Waals surface area contributed by atoms with Crippen molar-refractivity contribution in [3.63, 3.8) is 0 Å². The lowest BCUT2D eigenvalue weighted by Crippen LogP contribution is -2.36. The summed E-state index contributed by atoms with van der Waals surface area (Å²) in [5.41, 5.74) is 7.37. The van der Waals surface area contributed by atoms with Gasteiger partial charge in [0.15, 0.2) is 0 Å². The summed E-state index contributed by atoms with van der Waals surface area (Å²) in [6, 6.07) is 8.09. The first-order valence-corrected chi connectivity index (χ1v) is 12.9. The van der Waals surface area contributed by atoms with Gasteiger partial charge in [0.05, 0.1) is 6.54 Å². The average Bonchev–Trinajstić information content (AvgIpc) is 3.36. The molecule has 0 aliphatic carbocycles. The number of aromatic nitrogens is 2. The quantitative estimate of drug-likeness (QED) is 0.284. The number of amides is 1. The van der Waals surface area contributed by atoms with Crippen LogP contribution in [0.2, 0.25) is 0 Å². The maximum atomic E-state index is 13.1. The standard InChI is InChI=1S/C27H44N6O/c1-3-19-32(20-4-2)21-8-6-5-7-9-24-10-12-25(13-11-24)27(34)33(22-18-29-15-14-28)23-26-30-16-17-31-26/h10-17,29H,3-9,18-23,28H2,1-2H3,(H,30,31)/b15-14-. The van der Waals surface area contributed by atoms with E-state index in [0.717, 1.165) is 12.2 Å². The molecule has 0 unspecified atom stereocenters. The van der Waals surface area contributed by atoms with Crippen LogP contribution in [0.5, 0.6) is 0 Å². The van der Waals surface area contributed by atoms with E-state index in [2.05, 4.69) is 46.2 Å². The maximum Gasteiger partial charge on any atom is 0.254 e. The Morgan fingerprint density at radius 1 is 1.03 bits per heavy atom. The maximum absolute atomic E-state index is 13.1. The second-order valence-electron chi connectivity index (χ2n) is 8.78. The summed E-state index contributed by atoms with van der Waals surface area (Å²) in [4.78, 5) is 24.9. The Hall–Kier alpha value is -2.80. The number of nitrogens with one attached hydrogen (secondary N) is 2. The van der Waals surface area contributed by atoms with Crippen molar-refractivity contribution in [2.75, 3.05) is 32.7 Å². The number of nitrogens with two attached hydrogens (primary N) is 1. The zero-order chi connectivity index (χ0) is 24.4. The topological polar surface area (TPSA) is 90.3 Å². The minimum atomic E-state index is 0.00481. The van der Waals surface area contributed by atoms with Crippen molar-refractivity contribution in [2.45, 2.75) is 65.3 Å². The van der Waals surface area contributed by atoms with Gasteiger partial charge in [-0.15, -0.1) is 0 Å². The highest BCUT2D eigenvalue weighted by Gasteiger charge is 2.17. The fourth-order valence-electron chi connectivity index (χ4n) is 4.15. The Labute approximate surface area is 205 Å². The lowest BCUT2D eigenvalue weighted by atomic mass is 10.0. The van der Waals surface area contributed by atoms with Crippen LogP contribution in [0.1, 0.15) is 74.1 Å². The van der Waals surface area contributed by atoms with Crippen LogP contribution < -0.4 is 11.1 Å². The molecule has 0 atom stereocenters. The van der Waals surface area contributed by atoms with Gasteiger partial charge < -0.3 is 25.8 Å². The summed E-state index contributed by atoms with van der Waals surface area (Å²) >= 11 is 0. The van der Waals surface area contributed by atoms with Crippen LogP contribution in [0.3, 0.4) is 0 Å². The van der Waals surface area contributed by atoms with E-state index >= 15 is 0 Å². The summed E-state index contributed by atoms with van der Waals surface area (Å²) in [5.74, 6) is 0.775. The third kappa shape index (κ3) is 10.4. The van der Waals surface area contributed by atoms with E-state index in [1.807, 2.05) is 12.1 Å². The first-order chi connectivity index (χ1) is 16.7. The number of hydrogen-bond acceptors (Lipinski definition) is 5. The van der Waals surface area contributed by atoms with E-state index in [-0.39, 0.29) is 5.91 Å².